The van der Waals surface area contributed by atoms with E-state index in [4.69, 9.17) is 4.98 Å². The van der Waals surface area contributed by atoms with Crippen LogP contribution in [-0.4, -0.2) is 35.5 Å². The number of amides is 1. The Morgan fingerprint density at radius 2 is 1.96 bits per heavy atom. The van der Waals surface area contributed by atoms with E-state index in [1.165, 1.54) is 10.5 Å². The first kappa shape index (κ1) is 18.2. The fourth-order valence-electron chi connectivity index (χ4n) is 3.78. The monoisotopic (exact) mass is 427 g/mol. The van der Waals surface area contributed by atoms with E-state index in [-0.39, 0.29) is 5.91 Å². The molecule has 0 radical (unpaired) electrons. The summed E-state index contributed by atoms with van der Waals surface area (Å²) in [4.78, 5) is 21.9. The minimum atomic E-state index is 0.0741. The summed E-state index contributed by atoms with van der Waals surface area (Å²) < 4.78 is 1.01. The largest absolute Gasteiger partial charge is 0.342 e. The van der Waals surface area contributed by atoms with Crippen molar-refractivity contribution < 1.29 is 9.69 Å². The molecule has 1 saturated heterocycles. The Labute approximate surface area is 167 Å². The van der Waals surface area contributed by atoms with Gasteiger partial charge in [-0.05, 0) is 48.9 Å². The van der Waals surface area contributed by atoms with Crippen molar-refractivity contribution in [1.29, 1.82) is 0 Å². The maximum atomic E-state index is 12.3. The number of aromatic nitrogens is 2. The van der Waals surface area contributed by atoms with Crippen LogP contribution in [-0.2, 0) is 4.79 Å². The third kappa shape index (κ3) is 4.39. The smallest absolute Gasteiger partial charge is 0.279 e. The van der Waals surface area contributed by atoms with E-state index in [2.05, 4.69) is 51.4 Å². The number of carbonyl (C=O) groups is 1. The predicted octanol–water partition coefficient (Wildman–Crippen LogP) is 3.03. The number of rotatable bonds is 4. The van der Waals surface area contributed by atoms with Crippen LogP contribution in [0.1, 0.15) is 30.1 Å². The van der Waals surface area contributed by atoms with Gasteiger partial charge in [0.05, 0.1) is 24.1 Å². The number of carbonyl (C=O) groups excluding carboxylic acids is 1. The van der Waals surface area contributed by atoms with Crippen LogP contribution in [0, 0.1) is 6.92 Å². The second kappa shape index (κ2) is 7.82. The van der Waals surface area contributed by atoms with Crippen molar-refractivity contribution in [2.75, 3.05) is 25.0 Å². The van der Waals surface area contributed by atoms with Crippen LogP contribution in [0.4, 0.5) is 5.69 Å². The summed E-state index contributed by atoms with van der Waals surface area (Å²) in [5.41, 5.74) is 4.25. The van der Waals surface area contributed by atoms with Gasteiger partial charge >= 0.3 is 0 Å². The molecule has 1 aliphatic rings. The number of anilines is 1. The number of fused-ring (bicyclic) bond motifs is 1. The summed E-state index contributed by atoms with van der Waals surface area (Å²) >= 11 is 3.41. The summed E-state index contributed by atoms with van der Waals surface area (Å²) in [6, 6.07) is 14.0. The molecular formula is C21H24BrN4O+. The van der Waals surface area contributed by atoms with Gasteiger partial charge in [-0.25, -0.2) is 4.98 Å². The van der Waals surface area contributed by atoms with Gasteiger partial charge in [0.2, 0.25) is 0 Å². The number of hydrogen-bond donors (Lipinski definition) is 3. The minimum Gasteiger partial charge on any atom is -0.342 e. The van der Waals surface area contributed by atoms with Crippen LogP contribution >= 0.6 is 15.9 Å². The van der Waals surface area contributed by atoms with Crippen molar-refractivity contribution in [1.82, 2.24) is 9.97 Å². The average molecular weight is 428 g/mol. The molecule has 1 aliphatic heterocycles. The number of aryl methyl sites for hydroxylation is 1. The second-order valence-corrected chi connectivity index (χ2v) is 8.31. The summed E-state index contributed by atoms with van der Waals surface area (Å²) in [5.74, 6) is 1.62. The molecule has 0 saturated carbocycles. The molecule has 5 nitrogen and oxygen atoms in total. The normalized spacial score (nSPS) is 19.9. The number of H-pyrrole nitrogens is 1. The molecule has 2 aromatic carbocycles. The third-order valence-corrected chi connectivity index (χ3v) is 5.80. The number of nitrogens with zero attached hydrogens (tertiary/aromatic N) is 1. The van der Waals surface area contributed by atoms with Gasteiger partial charge in [-0.2, -0.15) is 0 Å². The predicted molar refractivity (Wildman–Crippen MR) is 111 cm³/mol. The van der Waals surface area contributed by atoms with Gasteiger partial charge in [0.15, 0.2) is 6.54 Å². The lowest BCUT2D eigenvalue weighted by atomic mass is 9.96. The van der Waals surface area contributed by atoms with E-state index < -0.39 is 0 Å². The average Bonchev–Trinajstić information content (AvgIpc) is 3.07. The topological polar surface area (TPSA) is 62.2 Å². The highest BCUT2D eigenvalue weighted by Gasteiger charge is 2.27. The molecule has 3 aromatic rings. The van der Waals surface area contributed by atoms with Crippen molar-refractivity contribution in [2.24, 2.45) is 0 Å². The van der Waals surface area contributed by atoms with Crippen LogP contribution in [0.3, 0.4) is 0 Å². The van der Waals surface area contributed by atoms with Crippen LogP contribution in [0.15, 0.2) is 46.9 Å². The SMILES string of the molecule is Cc1ccc2nc(C3CC[NH+](CC(=O)Nc4ccc(Br)cc4)CC3)[nH]c2c1. The molecular weight excluding hydrogens is 404 g/mol. The van der Waals surface area contributed by atoms with E-state index in [9.17, 15) is 4.79 Å². The van der Waals surface area contributed by atoms with Crippen LogP contribution in [0.5, 0.6) is 0 Å². The number of halogens is 1. The number of piperidine rings is 1. The van der Waals surface area contributed by atoms with Gasteiger partial charge in [0.1, 0.15) is 5.82 Å². The first-order chi connectivity index (χ1) is 13.1. The van der Waals surface area contributed by atoms with Gasteiger partial charge in [0.25, 0.3) is 5.91 Å². The van der Waals surface area contributed by atoms with Crippen LogP contribution < -0.4 is 10.2 Å². The maximum Gasteiger partial charge on any atom is 0.279 e. The fraction of sp³-hybridized carbons (Fsp3) is 0.333. The Balaban J connectivity index is 1.31. The Bertz CT molecular complexity index is 942. The molecule has 0 atom stereocenters. The number of aromatic amines is 1. The van der Waals surface area contributed by atoms with Gasteiger partial charge in [0, 0.05) is 28.9 Å². The molecule has 0 aliphatic carbocycles. The van der Waals surface area contributed by atoms with Crippen molar-refractivity contribution in [3.05, 3.63) is 58.3 Å². The molecule has 0 bridgehead atoms. The number of likely N-dealkylation sites (tertiary alicyclic amines) is 1. The molecule has 1 amide bonds. The fourth-order valence-corrected chi connectivity index (χ4v) is 4.04. The molecule has 3 N–H and O–H groups in total. The Morgan fingerprint density at radius 1 is 1.22 bits per heavy atom. The number of hydrogen-bond acceptors (Lipinski definition) is 2. The van der Waals surface area contributed by atoms with E-state index >= 15 is 0 Å². The summed E-state index contributed by atoms with van der Waals surface area (Å²) in [6.07, 6.45) is 2.11. The van der Waals surface area contributed by atoms with Gasteiger partial charge < -0.3 is 15.2 Å². The molecule has 4 rings (SSSR count). The zero-order valence-corrected chi connectivity index (χ0v) is 17.0. The van der Waals surface area contributed by atoms with Crippen molar-refractivity contribution in [2.45, 2.75) is 25.7 Å². The highest BCUT2D eigenvalue weighted by molar-refractivity contribution is 9.10. The summed E-state index contributed by atoms with van der Waals surface area (Å²) in [6.45, 7) is 4.60. The summed E-state index contributed by atoms with van der Waals surface area (Å²) in [7, 11) is 0. The van der Waals surface area contributed by atoms with Crippen LogP contribution in [0.2, 0.25) is 0 Å². The molecule has 2 heterocycles. The lowest BCUT2D eigenvalue weighted by Crippen LogP contribution is -3.14. The third-order valence-electron chi connectivity index (χ3n) is 5.27. The first-order valence-electron chi connectivity index (χ1n) is 9.42. The first-order valence-corrected chi connectivity index (χ1v) is 10.2. The van der Waals surface area contributed by atoms with E-state index in [1.807, 2.05) is 24.3 Å². The quantitative estimate of drug-likeness (QED) is 0.598. The number of imidazole rings is 1. The van der Waals surface area contributed by atoms with Gasteiger partial charge in [-0.3, -0.25) is 4.79 Å². The lowest BCUT2D eigenvalue weighted by molar-refractivity contribution is -0.897. The van der Waals surface area contributed by atoms with E-state index in [0.717, 1.165) is 52.9 Å². The van der Waals surface area contributed by atoms with E-state index in [0.29, 0.717) is 12.5 Å². The van der Waals surface area contributed by atoms with Crippen molar-refractivity contribution in [3.63, 3.8) is 0 Å². The lowest BCUT2D eigenvalue weighted by Gasteiger charge is -2.27. The highest BCUT2D eigenvalue weighted by Crippen LogP contribution is 2.24. The molecule has 0 spiro atoms. The number of quaternary nitrogens is 1. The van der Waals surface area contributed by atoms with E-state index in [1.54, 1.807) is 0 Å². The van der Waals surface area contributed by atoms with Crippen molar-refractivity contribution in [3.8, 4) is 0 Å². The van der Waals surface area contributed by atoms with Crippen LogP contribution in [0.25, 0.3) is 11.0 Å². The molecule has 1 aromatic heterocycles. The summed E-state index contributed by atoms with van der Waals surface area (Å²) in [5, 5.41) is 2.98. The Hall–Kier alpha value is -2.18. The number of nitrogens with one attached hydrogen (secondary N) is 3. The molecule has 27 heavy (non-hydrogen) atoms. The van der Waals surface area contributed by atoms with Crippen molar-refractivity contribution >= 4 is 38.6 Å². The Morgan fingerprint density at radius 3 is 2.70 bits per heavy atom. The molecule has 0 unspecified atom stereocenters. The zero-order chi connectivity index (χ0) is 18.8. The molecule has 140 valence electrons. The molecule has 1 fully saturated rings. The number of benzene rings is 2. The standard InChI is InChI=1S/C21H23BrN4O/c1-14-2-7-18-19(12-14)25-21(24-18)15-8-10-26(11-9-15)13-20(27)23-17-5-3-16(22)4-6-17/h2-7,12,15H,8-11,13H2,1H3,(H,23,27)(H,24,25)/p+1. The zero-order valence-electron chi connectivity index (χ0n) is 15.4. The maximum absolute atomic E-state index is 12.3. The second-order valence-electron chi connectivity index (χ2n) is 7.40. The Kier molecular flexibility index (Phi) is 5.27. The highest BCUT2D eigenvalue weighted by atomic mass is 79.9. The molecule has 6 heteroatoms. The van der Waals surface area contributed by atoms with Gasteiger partial charge in [-0.15, -0.1) is 0 Å². The minimum absolute atomic E-state index is 0.0741. The van der Waals surface area contributed by atoms with Gasteiger partial charge in [-0.1, -0.05) is 22.0 Å².